The first-order valence-corrected chi connectivity index (χ1v) is 7.78. The van der Waals surface area contributed by atoms with E-state index in [9.17, 15) is 4.39 Å². The summed E-state index contributed by atoms with van der Waals surface area (Å²) in [7, 11) is 0. The van der Waals surface area contributed by atoms with Gasteiger partial charge in [-0.2, -0.15) is 0 Å². The second-order valence-corrected chi connectivity index (χ2v) is 6.70. The molecule has 0 aliphatic heterocycles. The fourth-order valence-electron chi connectivity index (χ4n) is 2.01. The lowest BCUT2D eigenvalue weighted by atomic mass is 10.00. The average Bonchev–Trinajstić information content (AvgIpc) is 2.34. The zero-order chi connectivity index (χ0) is 14.2. The van der Waals surface area contributed by atoms with Gasteiger partial charge >= 0.3 is 0 Å². The number of alkyl halides is 1. The van der Waals surface area contributed by atoms with Gasteiger partial charge in [-0.15, -0.1) is 11.6 Å². The lowest BCUT2D eigenvalue weighted by Crippen LogP contribution is -1.98. The summed E-state index contributed by atoms with van der Waals surface area (Å²) in [5, 5.41) is -0.305. The van der Waals surface area contributed by atoms with E-state index in [1.165, 1.54) is 0 Å². The second-order valence-electron chi connectivity index (χ2n) is 4.50. The monoisotopic (exact) mass is 404 g/mol. The van der Waals surface area contributed by atoms with Gasteiger partial charge < -0.3 is 0 Å². The molecule has 100 valence electrons. The molecule has 2 aromatic carbocycles. The van der Waals surface area contributed by atoms with E-state index >= 15 is 0 Å². The lowest BCUT2D eigenvalue weighted by molar-refractivity contribution is 0.608. The fourth-order valence-corrected chi connectivity index (χ4v) is 3.74. The summed E-state index contributed by atoms with van der Waals surface area (Å²) in [5.74, 6) is -0.164. The van der Waals surface area contributed by atoms with Crippen LogP contribution in [-0.4, -0.2) is 0 Å². The van der Waals surface area contributed by atoms with Gasteiger partial charge in [0.25, 0.3) is 0 Å². The van der Waals surface area contributed by atoms with Crippen molar-refractivity contribution in [1.29, 1.82) is 0 Å². The molecule has 0 radical (unpaired) electrons. The van der Waals surface area contributed by atoms with Crippen LogP contribution < -0.4 is 0 Å². The summed E-state index contributed by atoms with van der Waals surface area (Å²) >= 11 is 13.4. The van der Waals surface area contributed by atoms with Gasteiger partial charge in [0.15, 0.2) is 0 Å². The van der Waals surface area contributed by atoms with E-state index in [4.69, 9.17) is 11.6 Å². The molecule has 19 heavy (non-hydrogen) atoms. The molecule has 0 saturated carbocycles. The molecule has 0 nitrogen and oxygen atoms in total. The maximum absolute atomic E-state index is 13.7. The predicted octanol–water partition coefficient (Wildman–Crippen LogP) is 6.30. The number of rotatable bonds is 2. The third-order valence-corrected chi connectivity index (χ3v) is 4.65. The molecule has 2 aromatic rings. The van der Waals surface area contributed by atoms with Gasteiger partial charge in [0.05, 0.1) is 5.38 Å². The van der Waals surface area contributed by atoms with Crippen LogP contribution in [0.3, 0.4) is 0 Å². The van der Waals surface area contributed by atoms with Gasteiger partial charge in [0, 0.05) is 8.95 Å². The third kappa shape index (κ3) is 3.21. The van der Waals surface area contributed by atoms with Gasteiger partial charge in [-0.1, -0.05) is 50.1 Å². The Labute approximate surface area is 134 Å². The Morgan fingerprint density at radius 3 is 2.16 bits per heavy atom. The minimum atomic E-state index is -0.305. The second kappa shape index (κ2) is 5.94. The molecule has 0 fully saturated rings. The molecular weight excluding hydrogens is 394 g/mol. The molecule has 0 amide bonds. The molecular formula is C15H12Br2ClF. The maximum Gasteiger partial charge on any atom is 0.129 e. The van der Waals surface area contributed by atoms with Crippen molar-refractivity contribution in [1.82, 2.24) is 0 Å². The fraction of sp³-hybridized carbons (Fsp3) is 0.200. The maximum atomic E-state index is 13.7. The van der Waals surface area contributed by atoms with Crippen LogP contribution >= 0.6 is 43.5 Å². The Bertz CT molecular complexity index is 603. The number of halogens is 4. The van der Waals surface area contributed by atoms with Gasteiger partial charge in [0.2, 0.25) is 0 Å². The molecule has 0 aliphatic carbocycles. The zero-order valence-corrected chi connectivity index (χ0v) is 14.4. The Morgan fingerprint density at radius 1 is 1.05 bits per heavy atom. The van der Waals surface area contributed by atoms with Crippen LogP contribution in [0.4, 0.5) is 4.39 Å². The highest BCUT2D eigenvalue weighted by molar-refractivity contribution is 9.11. The molecule has 0 heterocycles. The summed E-state index contributed by atoms with van der Waals surface area (Å²) in [4.78, 5) is 0. The van der Waals surface area contributed by atoms with E-state index in [0.717, 1.165) is 20.1 Å². The summed E-state index contributed by atoms with van der Waals surface area (Å²) in [5.41, 5.74) is 3.11. The zero-order valence-electron chi connectivity index (χ0n) is 10.5. The van der Waals surface area contributed by atoms with E-state index in [-0.39, 0.29) is 11.2 Å². The number of hydrogen-bond donors (Lipinski definition) is 0. The molecule has 1 atom stereocenters. The van der Waals surface area contributed by atoms with Crippen LogP contribution in [0.1, 0.15) is 27.6 Å². The van der Waals surface area contributed by atoms with E-state index in [0.29, 0.717) is 11.1 Å². The first kappa shape index (κ1) is 15.0. The smallest absolute Gasteiger partial charge is 0.129 e. The van der Waals surface area contributed by atoms with E-state index in [1.54, 1.807) is 26.0 Å². The summed E-state index contributed by atoms with van der Waals surface area (Å²) in [6.45, 7) is 3.51. The van der Waals surface area contributed by atoms with Crippen LogP contribution in [0.2, 0.25) is 0 Å². The van der Waals surface area contributed by atoms with Gasteiger partial charge in [-0.25, -0.2) is 4.39 Å². The number of hydrogen-bond acceptors (Lipinski definition) is 0. The molecule has 0 saturated heterocycles. The highest BCUT2D eigenvalue weighted by Gasteiger charge is 2.16. The van der Waals surface area contributed by atoms with Crippen molar-refractivity contribution >= 4 is 43.5 Å². The highest BCUT2D eigenvalue weighted by Crippen LogP contribution is 2.36. The standard InChI is InChI=1S/C15H12Br2ClF/c1-8-5-10(6-9(2)15(8)19)14(18)12-4-3-11(16)7-13(12)17/h3-7,14H,1-2H3. The Kier molecular flexibility index (Phi) is 4.70. The van der Waals surface area contributed by atoms with Gasteiger partial charge in [-0.3, -0.25) is 0 Å². The average molecular weight is 407 g/mol. The van der Waals surface area contributed by atoms with Crippen LogP contribution in [0.15, 0.2) is 39.3 Å². The van der Waals surface area contributed by atoms with Crippen molar-refractivity contribution in [3.63, 3.8) is 0 Å². The largest absolute Gasteiger partial charge is 0.206 e. The van der Waals surface area contributed by atoms with Gasteiger partial charge in [0.1, 0.15) is 5.82 Å². The topological polar surface area (TPSA) is 0 Å². The van der Waals surface area contributed by atoms with E-state index in [2.05, 4.69) is 31.9 Å². The molecule has 0 bridgehead atoms. The van der Waals surface area contributed by atoms with Crippen molar-refractivity contribution in [2.45, 2.75) is 19.2 Å². The minimum absolute atomic E-state index is 0.164. The van der Waals surface area contributed by atoms with Crippen molar-refractivity contribution < 1.29 is 4.39 Å². The molecule has 0 aromatic heterocycles. The third-order valence-electron chi connectivity index (χ3n) is 2.99. The Hall–Kier alpha value is -0.380. The minimum Gasteiger partial charge on any atom is -0.206 e. The lowest BCUT2D eigenvalue weighted by Gasteiger charge is -2.15. The van der Waals surface area contributed by atoms with Crippen molar-refractivity contribution in [2.75, 3.05) is 0 Å². The molecule has 0 N–H and O–H groups in total. The molecule has 0 aliphatic rings. The van der Waals surface area contributed by atoms with Crippen molar-refractivity contribution in [3.05, 3.63) is 67.3 Å². The van der Waals surface area contributed by atoms with Crippen molar-refractivity contribution in [3.8, 4) is 0 Å². The Morgan fingerprint density at radius 2 is 1.63 bits per heavy atom. The predicted molar refractivity (Wildman–Crippen MR) is 85.4 cm³/mol. The van der Waals surface area contributed by atoms with Crippen LogP contribution in [-0.2, 0) is 0 Å². The summed E-state index contributed by atoms with van der Waals surface area (Å²) < 4.78 is 15.6. The number of benzene rings is 2. The van der Waals surface area contributed by atoms with Crippen molar-refractivity contribution in [2.24, 2.45) is 0 Å². The van der Waals surface area contributed by atoms with Gasteiger partial charge in [-0.05, 0) is 48.2 Å². The van der Waals surface area contributed by atoms with E-state index in [1.807, 2.05) is 18.2 Å². The van der Waals surface area contributed by atoms with Crippen LogP contribution in [0.25, 0.3) is 0 Å². The molecule has 0 spiro atoms. The van der Waals surface area contributed by atoms with E-state index < -0.39 is 0 Å². The first-order valence-electron chi connectivity index (χ1n) is 5.76. The summed E-state index contributed by atoms with van der Waals surface area (Å²) in [6.07, 6.45) is 0. The molecule has 4 heteroatoms. The summed E-state index contributed by atoms with van der Waals surface area (Å²) in [6, 6.07) is 9.45. The normalized spacial score (nSPS) is 12.5. The first-order chi connectivity index (χ1) is 8.90. The molecule has 2 rings (SSSR count). The molecule has 1 unspecified atom stereocenters. The highest BCUT2D eigenvalue weighted by atomic mass is 79.9. The number of aryl methyl sites for hydroxylation is 2. The van der Waals surface area contributed by atoms with Crippen LogP contribution in [0, 0.1) is 19.7 Å². The van der Waals surface area contributed by atoms with Crippen LogP contribution in [0.5, 0.6) is 0 Å². The quantitative estimate of drug-likeness (QED) is 0.514. The Balaban J connectivity index is 2.47. The SMILES string of the molecule is Cc1cc(C(Cl)c2ccc(Br)cc2Br)cc(C)c1F.